The van der Waals surface area contributed by atoms with Crippen LogP contribution < -0.4 is 19.5 Å². The molecule has 2 rings (SSSR count). The van der Waals surface area contributed by atoms with Crippen LogP contribution in [0.15, 0.2) is 42.5 Å². The van der Waals surface area contributed by atoms with E-state index in [0.29, 0.717) is 0 Å². The van der Waals surface area contributed by atoms with Gasteiger partial charge in [0, 0.05) is 6.54 Å². The number of nitrogens with one attached hydrogen (secondary N) is 1. The lowest BCUT2D eigenvalue weighted by atomic mass is 10.1. The van der Waals surface area contributed by atoms with Crippen LogP contribution in [0.1, 0.15) is 11.1 Å². The van der Waals surface area contributed by atoms with Crippen molar-refractivity contribution in [3.8, 4) is 17.2 Å². The molecule has 0 saturated heterocycles. The summed E-state index contributed by atoms with van der Waals surface area (Å²) in [5.41, 5.74) is 2.47. The molecule has 0 spiro atoms. The second-order valence-electron chi connectivity index (χ2n) is 4.96. The van der Waals surface area contributed by atoms with Crippen LogP contribution in [-0.4, -0.2) is 27.9 Å². The van der Waals surface area contributed by atoms with Crippen molar-refractivity contribution >= 4 is 12.4 Å². The van der Waals surface area contributed by atoms with Gasteiger partial charge < -0.3 is 19.5 Å². The minimum absolute atomic E-state index is 0. The van der Waals surface area contributed by atoms with E-state index in [1.54, 1.807) is 21.3 Å². The lowest BCUT2D eigenvalue weighted by Gasteiger charge is -2.10. The van der Waals surface area contributed by atoms with Crippen LogP contribution in [0.2, 0.25) is 0 Å². The van der Waals surface area contributed by atoms with E-state index in [1.165, 1.54) is 11.1 Å². The summed E-state index contributed by atoms with van der Waals surface area (Å²) in [5.74, 6) is 2.41. The Balaban J connectivity index is 0.00000264. The van der Waals surface area contributed by atoms with Gasteiger partial charge in [0.25, 0.3) is 0 Å². The van der Waals surface area contributed by atoms with Crippen molar-refractivity contribution < 1.29 is 14.2 Å². The minimum Gasteiger partial charge on any atom is -0.497 e. The molecule has 0 unspecified atom stereocenters. The molecule has 0 aromatic heterocycles. The van der Waals surface area contributed by atoms with E-state index in [-0.39, 0.29) is 12.4 Å². The molecule has 0 fully saturated rings. The summed E-state index contributed by atoms with van der Waals surface area (Å²) in [5, 5.41) is 3.44. The molecular formula is C18H24ClNO3. The zero-order chi connectivity index (χ0) is 15.8. The van der Waals surface area contributed by atoms with Crippen LogP contribution in [-0.2, 0) is 13.0 Å². The van der Waals surface area contributed by atoms with Crippen LogP contribution in [0.25, 0.3) is 0 Å². The maximum atomic E-state index is 5.31. The molecule has 0 aliphatic carbocycles. The SMILES string of the molecule is COc1ccc(CCNCc2ccc(OC)c(OC)c2)cc1.Cl. The third-order valence-corrected chi connectivity index (χ3v) is 3.53. The van der Waals surface area contributed by atoms with E-state index in [0.717, 1.165) is 36.8 Å². The summed E-state index contributed by atoms with van der Waals surface area (Å²) >= 11 is 0. The molecule has 5 heteroatoms. The lowest BCUT2D eigenvalue weighted by Crippen LogP contribution is -2.16. The molecule has 0 saturated carbocycles. The normalized spacial score (nSPS) is 9.87. The number of halogens is 1. The van der Waals surface area contributed by atoms with E-state index in [9.17, 15) is 0 Å². The van der Waals surface area contributed by atoms with Gasteiger partial charge in [-0.15, -0.1) is 12.4 Å². The van der Waals surface area contributed by atoms with Gasteiger partial charge in [-0.3, -0.25) is 0 Å². The van der Waals surface area contributed by atoms with Crippen molar-refractivity contribution in [2.45, 2.75) is 13.0 Å². The Kier molecular flexibility index (Phi) is 8.30. The van der Waals surface area contributed by atoms with Crippen molar-refractivity contribution in [3.63, 3.8) is 0 Å². The van der Waals surface area contributed by atoms with Crippen LogP contribution in [0, 0.1) is 0 Å². The van der Waals surface area contributed by atoms with Gasteiger partial charge >= 0.3 is 0 Å². The second-order valence-corrected chi connectivity index (χ2v) is 4.96. The van der Waals surface area contributed by atoms with Crippen molar-refractivity contribution in [1.82, 2.24) is 5.32 Å². The largest absolute Gasteiger partial charge is 0.497 e. The highest BCUT2D eigenvalue weighted by atomic mass is 35.5. The number of hydrogen-bond acceptors (Lipinski definition) is 4. The second kappa shape index (κ2) is 9.98. The Morgan fingerprint density at radius 2 is 1.43 bits per heavy atom. The molecule has 0 aliphatic heterocycles. The van der Waals surface area contributed by atoms with E-state index in [1.807, 2.05) is 30.3 Å². The minimum atomic E-state index is 0. The molecule has 0 heterocycles. The summed E-state index contributed by atoms with van der Waals surface area (Å²) in [6.07, 6.45) is 0.983. The van der Waals surface area contributed by atoms with Crippen molar-refractivity contribution in [2.75, 3.05) is 27.9 Å². The summed E-state index contributed by atoms with van der Waals surface area (Å²) < 4.78 is 15.7. The van der Waals surface area contributed by atoms with Crippen LogP contribution >= 0.6 is 12.4 Å². The Morgan fingerprint density at radius 3 is 2.04 bits per heavy atom. The lowest BCUT2D eigenvalue weighted by molar-refractivity contribution is 0.354. The highest BCUT2D eigenvalue weighted by Gasteiger charge is 2.04. The Hall–Kier alpha value is -1.91. The van der Waals surface area contributed by atoms with Crippen molar-refractivity contribution in [1.29, 1.82) is 0 Å². The smallest absolute Gasteiger partial charge is 0.161 e. The third-order valence-electron chi connectivity index (χ3n) is 3.53. The van der Waals surface area contributed by atoms with Gasteiger partial charge in [0.2, 0.25) is 0 Å². The molecule has 0 aliphatic rings. The van der Waals surface area contributed by atoms with Crippen molar-refractivity contribution in [2.24, 2.45) is 0 Å². The molecule has 0 amide bonds. The number of methoxy groups -OCH3 is 3. The maximum Gasteiger partial charge on any atom is 0.161 e. The first-order valence-corrected chi connectivity index (χ1v) is 7.31. The van der Waals surface area contributed by atoms with Gasteiger partial charge in [-0.05, 0) is 48.4 Å². The number of benzene rings is 2. The van der Waals surface area contributed by atoms with Crippen LogP contribution in [0.3, 0.4) is 0 Å². The molecular weight excluding hydrogens is 314 g/mol. The fourth-order valence-electron chi connectivity index (χ4n) is 2.25. The topological polar surface area (TPSA) is 39.7 Å². The average molecular weight is 338 g/mol. The Morgan fingerprint density at radius 1 is 0.783 bits per heavy atom. The molecule has 126 valence electrons. The summed E-state index contributed by atoms with van der Waals surface area (Å²) in [6, 6.07) is 14.1. The average Bonchev–Trinajstić information content (AvgIpc) is 2.59. The monoisotopic (exact) mass is 337 g/mol. The molecule has 4 nitrogen and oxygen atoms in total. The first kappa shape index (κ1) is 19.1. The highest BCUT2D eigenvalue weighted by molar-refractivity contribution is 5.85. The number of ether oxygens (including phenoxy) is 3. The van der Waals surface area contributed by atoms with Gasteiger partial charge in [-0.1, -0.05) is 18.2 Å². The molecule has 0 atom stereocenters. The number of rotatable bonds is 8. The zero-order valence-electron chi connectivity index (χ0n) is 13.8. The summed E-state index contributed by atoms with van der Waals surface area (Å²) in [7, 11) is 4.98. The van der Waals surface area contributed by atoms with Crippen LogP contribution in [0.4, 0.5) is 0 Å². The van der Waals surface area contributed by atoms with Gasteiger partial charge in [0.15, 0.2) is 11.5 Å². The zero-order valence-corrected chi connectivity index (χ0v) is 14.6. The van der Waals surface area contributed by atoms with Crippen molar-refractivity contribution in [3.05, 3.63) is 53.6 Å². The molecule has 0 radical (unpaired) electrons. The molecule has 23 heavy (non-hydrogen) atoms. The van der Waals surface area contributed by atoms with Gasteiger partial charge in [0.1, 0.15) is 5.75 Å². The Labute approximate surface area is 144 Å². The summed E-state index contributed by atoms with van der Waals surface area (Å²) in [6.45, 7) is 1.72. The molecule has 2 aromatic rings. The predicted octanol–water partition coefficient (Wildman–Crippen LogP) is 3.47. The van der Waals surface area contributed by atoms with Crippen LogP contribution in [0.5, 0.6) is 17.2 Å². The van der Waals surface area contributed by atoms with E-state index in [4.69, 9.17) is 14.2 Å². The first-order chi connectivity index (χ1) is 10.8. The first-order valence-electron chi connectivity index (χ1n) is 7.31. The third kappa shape index (κ3) is 5.66. The van der Waals surface area contributed by atoms with Gasteiger partial charge in [-0.25, -0.2) is 0 Å². The molecule has 0 bridgehead atoms. The number of hydrogen-bond donors (Lipinski definition) is 1. The highest BCUT2D eigenvalue weighted by Crippen LogP contribution is 2.27. The van der Waals surface area contributed by atoms with E-state index < -0.39 is 0 Å². The maximum absolute atomic E-state index is 5.31. The van der Waals surface area contributed by atoms with E-state index in [2.05, 4.69) is 17.4 Å². The van der Waals surface area contributed by atoms with Gasteiger partial charge in [0.05, 0.1) is 21.3 Å². The fourth-order valence-corrected chi connectivity index (χ4v) is 2.25. The van der Waals surface area contributed by atoms with Gasteiger partial charge in [-0.2, -0.15) is 0 Å². The molecule has 2 aromatic carbocycles. The molecule has 1 N–H and O–H groups in total. The Bertz CT molecular complexity index is 587. The quantitative estimate of drug-likeness (QED) is 0.749. The summed E-state index contributed by atoms with van der Waals surface area (Å²) in [4.78, 5) is 0. The fraction of sp³-hybridized carbons (Fsp3) is 0.333. The van der Waals surface area contributed by atoms with E-state index >= 15 is 0 Å². The predicted molar refractivity (Wildman–Crippen MR) is 95.2 cm³/mol. The standard InChI is InChI=1S/C18H23NO3.ClH/c1-20-16-7-4-14(5-8-16)10-11-19-13-15-6-9-17(21-2)18(12-15)22-3;/h4-9,12,19H,10-11,13H2,1-3H3;1H.